The first-order valence-corrected chi connectivity index (χ1v) is 7.24. The zero-order valence-electron chi connectivity index (χ0n) is 9.89. The molecular weight excluding hydrogens is 275 g/mol. The average Bonchev–Trinajstić information content (AvgIpc) is 2.20. The van der Waals surface area contributed by atoms with Crippen LogP contribution in [0.1, 0.15) is 20.8 Å². The summed E-state index contributed by atoms with van der Waals surface area (Å²) in [6, 6.07) is 0. The van der Waals surface area contributed by atoms with Crippen LogP contribution in [0, 0.1) is 0 Å². The monoisotopic (exact) mass is 291 g/mol. The minimum atomic E-state index is -4.82. The van der Waals surface area contributed by atoms with E-state index in [2.05, 4.69) is 0 Å². The van der Waals surface area contributed by atoms with E-state index in [9.17, 15) is 18.0 Å². The fraction of sp³-hybridized carbons (Fsp3) is 0.889. The predicted molar refractivity (Wildman–Crippen MR) is 64.8 cm³/mol. The van der Waals surface area contributed by atoms with Crippen LogP contribution in [0.5, 0.6) is 0 Å². The van der Waals surface area contributed by atoms with Crippen molar-refractivity contribution in [3.63, 3.8) is 0 Å². The number of carbonyl (C=O) groups excluding carboxylic acids is 1. The van der Waals surface area contributed by atoms with Gasteiger partial charge in [0.25, 0.3) is 0 Å². The molecule has 0 aliphatic heterocycles. The highest BCUT2D eigenvalue weighted by Gasteiger charge is 2.39. The molecule has 0 aromatic carbocycles. The van der Waals surface area contributed by atoms with E-state index in [1.54, 1.807) is 13.8 Å². The summed E-state index contributed by atoms with van der Waals surface area (Å²) in [6.07, 6.45) is -4.82. The number of carbonyl (C=O) groups is 1. The number of rotatable bonds is 7. The number of hydrogen-bond donors (Lipinski definition) is 1. The molecule has 0 aliphatic rings. The molecule has 0 saturated heterocycles. The minimum absolute atomic E-state index is 0.0465. The Balaban J connectivity index is 3.89. The maximum Gasteiger partial charge on any atom is 0.471 e. The molecule has 0 atom stereocenters. The minimum Gasteiger partial charge on any atom is -0.370 e. The smallest absolute Gasteiger partial charge is 0.370 e. The van der Waals surface area contributed by atoms with Gasteiger partial charge in [0.15, 0.2) is 0 Å². The Labute approximate surface area is 107 Å². The molecule has 0 spiro atoms. The lowest BCUT2D eigenvalue weighted by Gasteiger charge is -2.23. The Morgan fingerprint density at radius 1 is 1.35 bits per heavy atom. The summed E-state index contributed by atoms with van der Waals surface area (Å²) in [4.78, 5) is 10.6. The van der Waals surface area contributed by atoms with Gasteiger partial charge in [0.05, 0.1) is 0 Å². The van der Waals surface area contributed by atoms with Gasteiger partial charge < -0.3 is 10.1 Å². The molecule has 8 heteroatoms. The Bertz CT molecular complexity index is 247. The van der Waals surface area contributed by atoms with E-state index in [-0.39, 0.29) is 6.54 Å². The first-order valence-electron chi connectivity index (χ1n) is 4.92. The van der Waals surface area contributed by atoms with Gasteiger partial charge in [-0.05, 0) is 20.8 Å². The van der Waals surface area contributed by atoms with Crippen molar-refractivity contribution in [2.45, 2.75) is 31.7 Å². The SMILES string of the molecule is CCOCSSC(C)(C)CNC(=O)C(F)(F)F. The zero-order valence-corrected chi connectivity index (χ0v) is 11.5. The number of alkyl halides is 3. The molecule has 0 aromatic rings. The van der Waals surface area contributed by atoms with Crippen molar-refractivity contribution < 1.29 is 22.7 Å². The van der Waals surface area contributed by atoms with Crippen molar-refractivity contribution in [3.05, 3.63) is 0 Å². The molecule has 17 heavy (non-hydrogen) atoms. The van der Waals surface area contributed by atoms with Crippen LogP contribution in [-0.4, -0.2) is 35.9 Å². The van der Waals surface area contributed by atoms with Gasteiger partial charge in [-0.2, -0.15) is 13.2 Å². The van der Waals surface area contributed by atoms with Crippen LogP contribution in [0.15, 0.2) is 0 Å². The quantitative estimate of drug-likeness (QED) is 0.445. The van der Waals surface area contributed by atoms with Gasteiger partial charge in [-0.15, -0.1) is 0 Å². The lowest BCUT2D eigenvalue weighted by Crippen LogP contribution is -2.42. The first-order chi connectivity index (χ1) is 7.69. The second kappa shape index (κ2) is 7.38. The van der Waals surface area contributed by atoms with Crippen molar-refractivity contribution in [1.29, 1.82) is 0 Å². The molecule has 1 N–H and O–H groups in total. The summed E-state index contributed by atoms with van der Waals surface area (Å²) < 4.78 is 40.4. The van der Waals surface area contributed by atoms with Crippen molar-refractivity contribution in [1.82, 2.24) is 5.32 Å². The van der Waals surface area contributed by atoms with Crippen molar-refractivity contribution >= 4 is 27.5 Å². The molecule has 102 valence electrons. The Morgan fingerprint density at radius 3 is 2.41 bits per heavy atom. The number of halogens is 3. The van der Waals surface area contributed by atoms with E-state index in [0.717, 1.165) is 0 Å². The van der Waals surface area contributed by atoms with Crippen molar-refractivity contribution in [2.75, 3.05) is 19.1 Å². The molecule has 0 unspecified atom stereocenters. The molecule has 0 aromatic heterocycles. The number of amides is 1. The lowest BCUT2D eigenvalue weighted by atomic mass is 10.2. The molecule has 0 heterocycles. The maximum atomic E-state index is 11.9. The van der Waals surface area contributed by atoms with Gasteiger partial charge in [0, 0.05) is 17.9 Å². The summed E-state index contributed by atoms with van der Waals surface area (Å²) in [5.41, 5.74) is 0. The molecule has 3 nitrogen and oxygen atoms in total. The van der Waals surface area contributed by atoms with E-state index in [1.165, 1.54) is 21.6 Å². The van der Waals surface area contributed by atoms with Gasteiger partial charge in [0.2, 0.25) is 0 Å². The van der Waals surface area contributed by atoms with Gasteiger partial charge in [0.1, 0.15) is 5.94 Å². The highest BCUT2D eigenvalue weighted by atomic mass is 33.1. The second-order valence-corrected chi connectivity index (χ2v) is 6.70. The lowest BCUT2D eigenvalue weighted by molar-refractivity contribution is -0.173. The zero-order chi connectivity index (χ0) is 13.5. The fourth-order valence-corrected chi connectivity index (χ4v) is 2.94. The molecular formula is C9H16F3NO2S2. The van der Waals surface area contributed by atoms with E-state index in [1.807, 2.05) is 12.2 Å². The molecule has 0 saturated carbocycles. The van der Waals surface area contributed by atoms with E-state index in [4.69, 9.17) is 4.74 Å². The van der Waals surface area contributed by atoms with Gasteiger partial charge in [-0.25, -0.2) is 0 Å². The fourth-order valence-electron chi connectivity index (χ4n) is 0.724. The predicted octanol–water partition coefficient (Wildman–Crippen LogP) is 2.82. The number of nitrogens with one attached hydrogen (secondary N) is 1. The largest absolute Gasteiger partial charge is 0.471 e. The first kappa shape index (κ1) is 16.9. The van der Waals surface area contributed by atoms with Crippen molar-refractivity contribution in [3.8, 4) is 0 Å². The van der Waals surface area contributed by atoms with E-state index in [0.29, 0.717) is 12.5 Å². The third-order valence-electron chi connectivity index (χ3n) is 1.55. The van der Waals surface area contributed by atoms with Crippen LogP contribution in [0.2, 0.25) is 0 Å². The van der Waals surface area contributed by atoms with E-state index < -0.39 is 16.8 Å². The average molecular weight is 291 g/mol. The standard InChI is InChI=1S/C9H16F3NO2S2/c1-4-15-6-16-17-8(2,3)5-13-7(14)9(10,11)12/h4-6H2,1-3H3,(H,13,14). The number of hydrogen-bond acceptors (Lipinski definition) is 4. The second-order valence-electron chi connectivity index (χ2n) is 3.75. The molecule has 0 rings (SSSR count). The van der Waals surface area contributed by atoms with Crippen LogP contribution in [0.4, 0.5) is 13.2 Å². The van der Waals surface area contributed by atoms with Gasteiger partial charge in [-0.1, -0.05) is 21.6 Å². The molecule has 0 fully saturated rings. The van der Waals surface area contributed by atoms with E-state index >= 15 is 0 Å². The van der Waals surface area contributed by atoms with Crippen LogP contribution >= 0.6 is 21.6 Å². The molecule has 1 amide bonds. The van der Waals surface area contributed by atoms with Crippen molar-refractivity contribution in [2.24, 2.45) is 0 Å². The molecule has 0 bridgehead atoms. The summed E-state index contributed by atoms with van der Waals surface area (Å²) in [5, 5.41) is 1.86. The van der Waals surface area contributed by atoms with Crippen LogP contribution < -0.4 is 5.32 Å². The van der Waals surface area contributed by atoms with Gasteiger partial charge >= 0.3 is 12.1 Å². The number of ether oxygens (including phenoxy) is 1. The summed E-state index contributed by atoms with van der Waals surface area (Å²) in [5.74, 6) is -1.43. The Kier molecular flexibility index (Phi) is 7.34. The van der Waals surface area contributed by atoms with Crippen LogP contribution in [0.25, 0.3) is 0 Å². The highest BCUT2D eigenvalue weighted by molar-refractivity contribution is 8.77. The highest BCUT2D eigenvalue weighted by Crippen LogP contribution is 2.35. The molecule has 0 radical (unpaired) electrons. The summed E-state index contributed by atoms with van der Waals surface area (Å²) in [6.45, 7) is 5.92. The molecule has 0 aliphatic carbocycles. The Hall–Kier alpha value is -0.0800. The van der Waals surface area contributed by atoms with Crippen LogP contribution in [0.3, 0.4) is 0 Å². The van der Waals surface area contributed by atoms with Crippen LogP contribution in [-0.2, 0) is 9.53 Å². The third kappa shape index (κ3) is 8.62. The topological polar surface area (TPSA) is 38.3 Å². The Morgan fingerprint density at radius 2 is 1.94 bits per heavy atom. The normalized spacial score (nSPS) is 12.6. The third-order valence-corrected chi connectivity index (χ3v) is 4.52. The summed E-state index contributed by atoms with van der Waals surface area (Å²) in [7, 11) is 2.79. The summed E-state index contributed by atoms with van der Waals surface area (Å²) >= 11 is 0. The van der Waals surface area contributed by atoms with Gasteiger partial charge in [-0.3, -0.25) is 4.79 Å². The maximum absolute atomic E-state index is 11.9.